The molecule has 15 heavy (non-hydrogen) atoms. The van der Waals surface area contributed by atoms with Crippen LogP contribution in [0.2, 0.25) is 0 Å². The van der Waals surface area contributed by atoms with Crippen molar-refractivity contribution >= 4 is 15.9 Å². The number of hydrogen-bond donors (Lipinski definition) is 1. The van der Waals surface area contributed by atoms with E-state index in [-0.39, 0.29) is 5.82 Å². The molecule has 0 aromatic heterocycles. The first-order chi connectivity index (χ1) is 7.15. The average molecular weight is 272 g/mol. The quantitative estimate of drug-likeness (QED) is 0.888. The fourth-order valence-electron chi connectivity index (χ4n) is 2.05. The third kappa shape index (κ3) is 2.58. The van der Waals surface area contributed by atoms with E-state index in [4.69, 9.17) is 0 Å². The molecule has 1 N–H and O–H groups in total. The second-order valence-corrected chi connectivity index (χ2v) is 5.31. The summed E-state index contributed by atoms with van der Waals surface area (Å²) in [4.78, 5) is 0. The SMILES string of the molecule is CNCC1(Cc2ccc(F)c(Br)c2)CC1. The minimum Gasteiger partial charge on any atom is -0.319 e. The Morgan fingerprint density at radius 3 is 2.73 bits per heavy atom. The average Bonchev–Trinajstić information content (AvgIpc) is 2.92. The molecule has 82 valence electrons. The van der Waals surface area contributed by atoms with Gasteiger partial charge in [0.2, 0.25) is 0 Å². The highest BCUT2D eigenvalue weighted by Gasteiger charge is 2.41. The van der Waals surface area contributed by atoms with Gasteiger partial charge in [0.05, 0.1) is 4.47 Å². The lowest BCUT2D eigenvalue weighted by Crippen LogP contribution is -2.21. The maximum atomic E-state index is 13.0. The fourth-order valence-corrected chi connectivity index (χ4v) is 2.48. The van der Waals surface area contributed by atoms with Crippen molar-refractivity contribution in [2.45, 2.75) is 19.3 Å². The van der Waals surface area contributed by atoms with E-state index in [0.717, 1.165) is 13.0 Å². The molecule has 0 spiro atoms. The van der Waals surface area contributed by atoms with E-state index < -0.39 is 0 Å². The van der Waals surface area contributed by atoms with Gasteiger partial charge in [0, 0.05) is 6.54 Å². The van der Waals surface area contributed by atoms with Crippen LogP contribution in [0.5, 0.6) is 0 Å². The predicted molar refractivity (Wildman–Crippen MR) is 63.4 cm³/mol. The van der Waals surface area contributed by atoms with Gasteiger partial charge in [-0.05, 0) is 65.4 Å². The maximum Gasteiger partial charge on any atom is 0.137 e. The molecule has 0 radical (unpaired) electrons. The molecule has 0 bridgehead atoms. The fraction of sp³-hybridized carbons (Fsp3) is 0.500. The van der Waals surface area contributed by atoms with Gasteiger partial charge >= 0.3 is 0 Å². The van der Waals surface area contributed by atoms with Crippen LogP contribution >= 0.6 is 15.9 Å². The van der Waals surface area contributed by atoms with Crippen LogP contribution in [0, 0.1) is 11.2 Å². The molecule has 1 aromatic carbocycles. The van der Waals surface area contributed by atoms with E-state index in [2.05, 4.69) is 21.2 Å². The van der Waals surface area contributed by atoms with Gasteiger partial charge in [-0.15, -0.1) is 0 Å². The Hall–Kier alpha value is -0.410. The molecule has 1 nitrogen and oxygen atoms in total. The van der Waals surface area contributed by atoms with Crippen LogP contribution in [-0.4, -0.2) is 13.6 Å². The molecule has 3 heteroatoms. The minimum atomic E-state index is -0.183. The van der Waals surface area contributed by atoms with Gasteiger partial charge in [0.25, 0.3) is 0 Å². The van der Waals surface area contributed by atoms with Gasteiger partial charge in [-0.3, -0.25) is 0 Å². The van der Waals surface area contributed by atoms with Gasteiger partial charge in [0.1, 0.15) is 5.82 Å². The van der Waals surface area contributed by atoms with E-state index in [1.54, 1.807) is 0 Å². The van der Waals surface area contributed by atoms with Gasteiger partial charge < -0.3 is 5.32 Å². The van der Waals surface area contributed by atoms with Crippen molar-refractivity contribution in [2.24, 2.45) is 5.41 Å². The second-order valence-electron chi connectivity index (χ2n) is 4.46. The largest absolute Gasteiger partial charge is 0.319 e. The summed E-state index contributed by atoms with van der Waals surface area (Å²) in [5.41, 5.74) is 1.66. The Balaban J connectivity index is 2.08. The summed E-state index contributed by atoms with van der Waals surface area (Å²) in [5, 5.41) is 3.23. The molecule has 0 amide bonds. The first-order valence-corrected chi connectivity index (χ1v) is 6.03. The van der Waals surface area contributed by atoms with Crippen LogP contribution in [0.15, 0.2) is 22.7 Å². The van der Waals surface area contributed by atoms with Gasteiger partial charge in [0.15, 0.2) is 0 Å². The normalized spacial score (nSPS) is 17.8. The minimum absolute atomic E-state index is 0.183. The molecule has 0 aliphatic heterocycles. The third-order valence-electron chi connectivity index (χ3n) is 3.07. The summed E-state index contributed by atoms with van der Waals surface area (Å²) >= 11 is 3.22. The van der Waals surface area contributed by atoms with Gasteiger partial charge in [-0.1, -0.05) is 6.07 Å². The summed E-state index contributed by atoms with van der Waals surface area (Å²) in [6.07, 6.45) is 3.61. The van der Waals surface area contributed by atoms with Crippen LogP contribution < -0.4 is 5.32 Å². The van der Waals surface area contributed by atoms with Crippen molar-refractivity contribution in [1.82, 2.24) is 5.32 Å². The lowest BCUT2D eigenvalue weighted by Gasteiger charge is -2.14. The van der Waals surface area contributed by atoms with Crippen LogP contribution in [0.1, 0.15) is 18.4 Å². The monoisotopic (exact) mass is 271 g/mol. The Morgan fingerprint density at radius 2 is 2.20 bits per heavy atom. The molecule has 2 rings (SSSR count). The second kappa shape index (κ2) is 4.22. The highest BCUT2D eigenvalue weighted by Crippen LogP contribution is 2.47. The Morgan fingerprint density at radius 1 is 1.47 bits per heavy atom. The standard InChI is InChI=1S/C12H15BrFN/c1-15-8-12(4-5-12)7-9-2-3-11(14)10(13)6-9/h2-3,6,15H,4-5,7-8H2,1H3. The summed E-state index contributed by atoms with van der Waals surface area (Å²) in [5.74, 6) is -0.183. The lowest BCUT2D eigenvalue weighted by atomic mass is 9.96. The van der Waals surface area contributed by atoms with Crippen molar-refractivity contribution in [3.63, 3.8) is 0 Å². The molecule has 1 aliphatic rings. The first-order valence-electron chi connectivity index (χ1n) is 5.24. The van der Waals surface area contributed by atoms with Crippen molar-refractivity contribution in [1.29, 1.82) is 0 Å². The van der Waals surface area contributed by atoms with E-state index in [1.165, 1.54) is 24.5 Å². The molecule has 0 heterocycles. The molecule has 1 aliphatic carbocycles. The van der Waals surface area contributed by atoms with Gasteiger partial charge in [-0.25, -0.2) is 4.39 Å². The van der Waals surface area contributed by atoms with E-state index in [1.807, 2.05) is 19.2 Å². The zero-order chi connectivity index (χ0) is 10.9. The maximum absolute atomic E-state index is 13.0. The zero-order valence-electron chi connectivity index (χ0n) is 8.82. The molecule has 0 unspecified atom stereocenters. The molecule has 1 aromatic rings. The topological polar surface area (TPSA) is 12.0 Å². The molecule has 0 atom stereocenters. The van der Waals surface area contributed by atoms with Crippen LogP contribution in [0.3, 0.4) is 0 Å². The summed E-state index contributed by atoms with van der Waals surface area (Å²) in [6.45, 7) is 1.06. The number of halogens is 2. The van der Waals surface area contributed by atoms with Crippen LogP contribution in [-0.2, 0) is 6.42 Å². The summed E-state index contributed by atoms with van der Waals surface area (Å²) in [7, 11) is 1.99. The highest BCUT2D eigenvalue weighted by molar-refractivity contribution is 9.10. The first kappa shape index (κ1) is 11.1. The highest BCUT2D eigenvalue weighted by atomic mass is 79.9. The zero-order valence-corrected chi connectivity index (χ0v) is 10.4. The number of benzene rings is 1. The Labute approximate surface area is 98.2 Å². The van der Waals surface area contributed by atoms with Gasteiger partial charge in [-0.2, -0.15) is 0 Å². The number of nitrogens with one attached hydrogen (secondary N) is 1. The smallest absolute Gasteiger partial charge is 0.137 e. The van der Waals surface area contributed by atoms with Crippen molar-refractivity contribution < 1.29 is 4.39 Å². The molecular weight excluding hydrogens is 257 g/mol. The predicted octanol–water partition coefficient (Wildman–Crippen LogP) is 3.13. The molecule has 0 saturated heterocycles. The summed E-state index contributed by atoms with van der Waals surface area (Å²) < 4.78 is 13.6. The number of hydrogen-bond acceptors (Lipinski definition) is 1. The molecular formula is C12H15BrFN. The van der Waals surface area contributed by atoms with Crippen LogP contribution in [0.25, 0.3) is 0 Å². The molecule has 1 saturated carbocycles. The van der Waals surface area contributed by atoms with E-state index >= 15 is 0 Å². The lowest BCUT2D eigenvalue weighted by molar-refractivity contribution is 0.477. The van der Waals surface area contributed by atoms with E-state index in [9.17, 15) is 4.39 Å². The number of rotatable bonds is 4. The van der Waals surface area contributed by atoms with Crippen molar-refractivity contribution in [3.05, 3.63) is 34.1 Å². The van der Waals surface area contributed by atoms with Crippen LogP contribution in [0.4, 0.5) is 4.39 Å². The Kier molecular flexibility index (Phi) is 3.12. The van der Waals surface area contributed by atoms with E-state index in [0.29, 0.717) is 9.89 Å². The third-order valence-corrected chi connectivity index (χ3v) is 3.68. The summed E-state index contributed by atoms with van der Waals surface area (Å²) in [6, 6.07) is 5.32. The molecule has 1 fully saturated rings. The van der Waals surface area contributed by atoms with Crippen molar-refractivity contribution in [3.8, 4) is 0 Å². The van der Waals surface area contributed by atoms with Crippen molar-refractivity contribution in [2.75, 3.05) is 13.6 Å². The Bertz CT molecular complexity index is 361.